The minimum Gasteiger partial charge on any atom is -0.400 e. The average molecular weight is 626 g/mol. The van der Waals surface area contributed by atoms with Crippen molar-refractivity contribution in [1.29, 1.82) is 0 Å². The van der Waals surface area contributed by atoms with Gasteiger partial charge in [0.2, 0.25) is 23.6 Å². The molecule has 4 amide bonds. The minimum atomic E-state index is -0.954. The summed E-state index contributed by atoms with van der Waals surface area (Å²) >= 11 is 0. The van der Waals surface area contributed by atoms with Gasteiger partial charge in [0, 0.05) is 50.0 Å². The second kappa shape index (κ2) is 17.7. The number of aliphatic hydroxyl groups is 1. The Hall–Kier alpha value is -3.73. The number of amides is 4. The van der Waals surface area contributed by atoms with Crippen LogP contribution >= 0.6 is 0 Å². The highest BCUT2D eigenvalue weighted by atomic mass is 16.2. The number of H-pyrrole nitrogens is 1. The van der Waals surface area contributed by atoms with Gasteiger partial charge in [-0.3, -0.25) is 24.0 Å². The number of unbranched alkanes of at least 4 members (excludes halogenated alkanes) is 2. The molecule has 3 heterocycles. The number of para-hydroxylation sites is 1. The Kier molecular flexibility index (Phi) is 14.0. The van der Waals surface area contributed by atoms with E-state index in [0.29, 0.717) is 45.1 Å². The van der Waals surface area contributed by atoms with E-state index in [2.05, 4.69) is 20.9 Å². The Labute approximate surface area is 266 Å². The lowest BCUT2D eigenvalue weighted by atomic mass is 9.93. The number of aromatic nitrogens is 1. The fourth-order valence-electron chi connectivity index (χ4n) is 6.15. The summed E-state index contributed by atoms with van der Waals surface area (Å²) in [7, 11) is 1.00. The maximum atomic E-state index is 14.0. The molecule has 1 aromatic heterocycles. The molecule has 45 heavy (non-hydrogen) atoms. The molecule has 0 spiro atoms. The Morgan fingerprint density at radius 1 is 0.933 bits per heavy atom. The van der Waals surface area contributed by atoms with Gasteiger partial charge < -0.3 is 30.9 Å². The van der Waals surface area contributed by atoms with E-state index in [1.165, 1.54) is 0 Å². The van der Waals surface area contributed by atoms with Crippen LogP contribution in [0.1, 0.15) is 90.5 Å². The highest BCUT2D eigenvalue weighted by Gasteiger charge is 2.40. The second-order valence-corrected chi connectivity index (χ2v) is 12.1. The fraction of sp³-hybridized carbons (Fsp3) is 0.618. The van der Waals surface area contributed by atoms with Gasteiger partial charge in [-0.2, -0.15) is 0 Å². The van der Waals surface area contributed by atoms with E-state index in [-0.39, 0.29) is 29.9 Å². The summed E-state index contributed by atoms with van der Waals surface area (Å²) in [6.45, 7) is 6.17. The van der Waals surface area contributed by atoms with Crippen LogP contribution in [0.25, 0.3) is 10.9 Å². The van der Waals surface area contributed by atoms with Crippen molar-refractivity contribution < 1.29 is 29.1 Å². The monoisotopic (exact) mass is 625 g/mol. The maximum Gasteiger partial charge on any atom is 0.246 e. The average Bonchev–Trinajstić information content (AvgIpc) is 3.48. The van der Waals surface area contributed by atoms with Crippen LogP contribution in [0, 0.1) is 5.92 Å². The third-order valence-corrected chi connectivity index (χ3v) is 9.07. The number of aliphatic hydroxyl groups excluding tert-OH is 1. The Bertz CT molecular complexity index is 1310. The second-order valence-electron chi connectivity index (χ2n) is 12.1. The van der Waals surface area contributed by atoms with Crippen molar-refractivity contribution >= 4 is 40.3 Å². The summed E-state index contributed by atoms with van der Waals surface area (Å²) in [5.41, 5.74) is 1.79. The fourth-order valence-corrected chi connectivity index (χ4v) is 6.15. The lowest BCUT2D eigenvalue weighted by Gasteiger charge is -2.39. The number of fused-ring (bicyclic) bond motifs is 2. The van der Waals surface area contributed by atoms with Crippen molar-refractivity contribution in [3.05, 3.63) is 36.0 Å². The van der Waals surface area contributed by atoms with Crippen LogP contribution in [0.2, 0.25) is 0 Å². The first-order valence-electron chi connectivity index (χ1n) is 16.5. The number of hydrogen-bond donors (Lipinski definition) is 5. The number of carbonyl (C=O) groups is 5. The van der Waals surface area contributed by atoms with Crippen molar-refractivity contribution in [2.75, 3.05) is 13.7 Å². The smallest absolute Gasteiger partial charge is 0.246 e. The van der Waals surface area contributed by atoms with Gasteiger partial charge in [-0.05, 0) is 49.7 Å². The standard InChI is InChI=1S/C33H47N5O5.CH4O/c1-4-21(3)29-33(43)38-18-12-11-17-28(38)32(42)35-26(16-8-6-7-13-23(39)5-2)30(40)36-27(31(41)37-29)19-22-20-34-25-15-10-9-14-24(22)25;1-2/h9-10,14-15,20-21,26-29,34H,4-8,11-13,16-19H2,1-3H3,(H,35,42)(H,36,40)(H,37,41);2H,1H3/t21?,26-,27-,28+,29-;/m0./s1. The van der Waals surface area contributed by atoms with Gasteiger partial charge in [-0.15, -0.1) is 0 Å². The van der Waals surface area contributed by atoms with Gasteiger partial charge >= 0.3 is 0 Å². The molecule has 0 radical (unpaired) electrons. The number of ketones is 1. The molecule has 5 N–H and O–H groups in total. The van der Waals surface area contributed by atoms with Gasteiger partial charge in [0.15, 0.2) is 0 Å². The molecule has 248 valence electrons. The zero-order chi connectivity index (χ0) is 32.9. The van der Waals surface area contributed by atoms with Crippen molar-refractivity contribution in [3.8, 4) is 0 Å². The summed E-state index contributed by atoms with van der Waals surface area (Å²) in [5.74, 6) is -1.39. The number of hydrogen-bond acceptors (Lipinski definition) is 6. The first-order chi connectivity index (χ1) is 21.7. The van der Waals surface area contributed by atoms with Crippen LogP contribution in [0.4, 0.5) is 0 Å². The summed E-state index contributed by atoms with van der Waals surface area (Å²) in [4.78, 5) is 71.9. The molecule has 2 saturated heterocycles. The van der Waals surface area contributed by atoms with Crippen LogP contribution < -0.4 is 16.0 Å². The van der Waals surface area contributed by atoms with Crippen LogP contribution in [0.5, 0.6) is 0 Å². The van der Waals surface area contributed by atoms with E-state index in [1.54, 1.807) is 4.90 Å². The van der Waals surface area contributed by atoms with Gasteiger partial charge in [0.1, 0.15) is 30.0 Å². The number of piperidine rings is 1. The number of Topliss-reactive ketones (excluding diaryl/α,β-unsaturated/α-hetero) is 1. The van der Waals surface area contributed by atoms with Crippen molar-refractivity contribution in [1.82, 2.24) is 25.8 Å². The molecule has 4 rings (SSSR count). The largest absolute Gasteiger partial charge is 0.400 e. The molecule has 0 saturated carbocycles. The predicted molar refractivity (Wildman–Crippen MR) is 173 cm³/mol. The summed E-state index contributed by atoms with van der Waals surface area (Å²) in [6, 6.07) is 4.44. The first-order valence-corrected chi connectivity index (χ1v) is 16.5. The molecule has 11 nitrogen and oxygen atoms in total. The molecule has 0 aliphatic carbocycles. The van der Waals surface area contributed by atoms with Gasteiger partial charge in [-0.1, -0.05) is 58.2 Å². The number of nitrogens with one attached hydrogen (secondary N) is 4. The zero-order valence-corrected chi connectivity index (χ0v) is 27.2. The molecular weight excluding hydrogens is 574 g/mol. The van der Waals surface area contributed by atoms with Crippen LogP contribution in [-0.4, -0.2) is 82.2 Å². The van der Waals surface area contributed by atoms with E-state index in [4.69, 9.17) is 5.11 Å². The van der Waals surface area contributed by atoms with E-state index >= 15 is 0 Å². The number of aromatic amines is 1. The van der Waals surface area contributed by atoms with E-state index in [9.17, 15) is 24.0 Å². The number of benzene rings is 1. The Morgan fingerprint density at radius 3 is 2.38 bits per heavy atom. The predicted octanol–water partition coefficient (Wildman–Crippen LogP) is 3.14. The molecule has 2 aliphatic rings. The van der Waals surface area contributed by atoms with E-state index < -0.39 is 36.0 Å². The highest BCUT2D eigenvalue weighted by Crippen LogP contribution is 2.23. The normalized spacial score (nSPS) is 23.4. The molecule has 0 bridgehead atoms. The molecule has 2 fully saturated rings. The van der Waals surface area contributed by atoms with Crippen LogP contribution in [0.15, 0.2) is 30.5 Å². The van der Waals surface area contributed by atoms with Crippen molar-refractivity contribution in [3.63, 3.8) is 0 Å². The molecule has 11 heteroatoms. The first kappa shape index (κ1) is 35.7. The van der Waals surface area contributed by atoms with Gasteiger partial charge in [0.25, 0.3) is 0 Å². The molecule has 2 aromatic rings. The molecule has 5 atom stereocenters. The van der Waals surface area contributed by atoms with Crippen LogP contribution in [0.3, 0.4) is 0 Å². The molecule has 1 unspecified atom stereocenters. The van der Waals surface area contributed by atoms with E-state index in [1.807, 2.05) is 51.2 Å². The third kappa shape index (κ3) is 9.39. The summed E-state index contributed by atoms with van der Waals surface area (Å²) in [6.07, 6.45) is 8.30. The molecule has 1 aromatic carbocycles. The minimum absolute atomic E-state index is 0.165. The lowest BCUT2D eigenvalue weighted by Crippen LogP contribution is -2.64. The third-order valence-electron chi connectivity index (χ3n) is 9.07. The zero-order valence-electron chi connectivity index (χ0n) is 27.2. The van der Waals surface area contributed by atoms with Gasteiger partial charge in [0.05, 0.1) is 0 Å². The summed E-state index contributed by atoms with van der Waals surface area (Å²) in [5, 5.41) is 16.8. The molecular formula is C34H51N5O6. The SMILES string of the molecule is CCC(=O)CCCCC[C@@H]1NC(=O)[C@H]2CCCCN2C(=O)[C@H](C(C)CC)NC(=O)[C@H](Cc2c[nH]c3ccccc23)NC1=O.CO. The van der Waals surface area contributed by atoms with E-state index in [0.717, 1.165) is 49.3 Å². The lowest BCUT2D eigenvalue weighted by molar-refractivity contribution is -0.147. The number of nitrogens with zero attached hydrogens (tertiary/aromatic N) is 1. The van der Waals surface area contributed by atoms with Crippen molar-refractivity contribution in [2.45, 2.75) is 116 Å². The highest BCUT2D eigenvalue weighted by molar-refractivity contribution is 5.98. The quantitative estimate of drug-likeness (QED) is 0.241. The maximum absolute atomic E-state index is 14.0. The number of rotatable bonds is 11. The van der Waals surface area contributed by atoms with Crippen LogP contribution in [-0.2, 0) is 30.4 Å². The summed E-state index contributed by atoms with van der Waals surface area (Å²) < 4.78 is 0. The van der Waals surface area contributed by atoms with Gasteiger partial charge in [-0.25, -0.2) is 0 Å². The van der Waals surface area contributed by atoms with Crippen molar-refractivity contribution in [2.24, 2.45) is 5.92 Å². The Morgan fingerprint density at radius 2 is 1.64 bits per heavy atom. The Balaban J connectivity index is 0.00000271. The molecule has 2 aliphatic heterocycles. The number of carbonyl (C=O) groups excluding carboxylic acids is 5. The topological polar surface area (TPSA) is 161 Å².